The van der Waals surface area contributed by atoms with E-state index >= 15 is 0 Å². The summed E-state index contributed by atoms with van der Waals surface area (Å²) in [4.78, 5) is 22.9. The van der Waals surface area contributed by atoms with Crippen molar-refractivity contribution in [2.45, 2.75) is 58.9 Å². The minimum Gasteiger partial charge on any atom is -0.480 e. The van der Waals surface area contributed by atoms with Crippen LogP contribution in [0, 0.1) is 11.8 Å². The second-order valence-corrected chi connectivity index (χ2v) is 5.54. The Kier molecular flexibility index (Phi) is 9.21. The summed E-state index contributed by atoms with van der Waals surface area (Å²) in [6.07, 6.45) is 3.39. The van der Waals surface area contributed by atoms with Crippen LogP contribution in [0.1, 0.15) is 52.9 Å². The highest BCUT2D eigenvalue weighted by molar-refractivity contribution is 5.83. The summed E-state index contributed by atoms with van der Waals surface area (Å²) in [6, 6.07) is -0.773. The van der Waals surface area contributed by atoms with Gasteiger partial charge in [0, 0.05) is 6.42 Å². The lowest BCUT2D eigenvalue weighted by Gasteiger charge is -2.19. The molecule has 0 aromatic carbocycles. The minimum atomic E-state index is -0.963. The predicted octanol–water partition coefficient (Wildman–Crippen LogP) is 1.76. The van der Waals surface area contributed by atoms with E-state index in [0.717, 1.165) is 19.3 Å². The summed E-state index contributed by atoms with van der Waals surface area (Å²) in [5, 5.41) is 11.6. The SMILES string of the molecule is CCCCC(NC(=O)C[C@@H](CN)CC(C)C)C(=O)O. The van der Waals surface area contributed by atoms with E-state index in [0.29, 0.717) is 25.3 Å². The first-order valence-electron chi connectivity index (χ1n) is 7.12. The van der Waals surface area contributed by atoms with Crippen LogP contribution >= 0.6 is 0 Å². The molecule has 0 saturated carbocycles. The van der Waals surface area contributed by atoms with E-state index in [-0.39, 0.29) is 11.8 Å². The molecular weight excluding hydrogens is 244 g/mol. The maximum Gasteiger partial charge on any atom is 0.326 e. The molecule has 5 nitrogen and oxygen atoms in total. The van der Waals surface area contributed by atoms with Crippen LogP contribution < -0.4 is 11.1 Å². The van der Waals surface area contributed by atoms with Gasteiger partial charge in [0.2, 0.25) is 5.91 Å². The lowest BCUT2D eigenvalue weighted by atomic mass is 9.94. The molecule has 0 spiro atoms. The van der Waals surface area contributed by atoms with Crippen LogP contribution in [0.4, 0.5) is 0 Å². The molecule has 0 aromatic rings. The van der Waals surface area contributed by atoms with Crippen LogP contribution in [0.2, 0.25) is 0 Å². The Morgan fingerprint density at radius 3 is 2.37 bits per heavy atom. The number of aliphatic carboxylic acids is 1. The number of nitrogens with one attached hydrogen (secondary N) is 1. The van der Waals surface area contributed by atoms with E-state index in [2.05, 4.69) is 19.2 Å². The van der Waals surface area contributed by atoms with Crippen molar-refractivity contribution < 1.29 is 14.7 Å². The highest BCUT2D eigenvalue weighted by Crippen LogP contribution is 2.14. The maximum absolute atomic E-state index is 11.8. The summed E-state index contributed by atoms with van der Waals surface area (Å²) in [5.74, 6) is -0.563. The Hall–Kier alpha value is -1.10. The van der Waals surface area contributed by atoms with Crippen molar-refractivity contribution in [2.24, 2.45) is 17.6 Å². The Balaban J connectivity index is 4.27. The monoisotopic (exact) mass is 272 g/mol. The number of carboxylic acids is 1. The number of carboxylic acid groups (broad SMARTS) is 1. The van der Waals surface area contributed by atoms with E-state index in [4.69, 9.17) is 10.8 Å². The lowest BCUT2D eigenvalue weighted by Crippen LogP contribution is -2.41. The van der Waals surface area contributed by atoms with E-state index in [1.807, 2.05) is 6.92 Å². The van der Waals surface area contributed by atoms with Crippen molar-refractivity contribution in [3.63, 3.8) is 0 Å². The Morgan fingerprint density at radius 1 is 1.32 bits per heavy atom. The van der Waals surface area contributed by atoms with Gasteiger partial charge in [-0.3, -0.25) is 4.79 Å². The lowest BCUT2D eigenvalue weighted by molar-refractivity contribution is -0.142. The second-order valence-electron chi connectivity index (χ2n) is 5.54. The fourth-order valence-electron chi connectivity index (χ4n) is 2.11. The van der Waals surface area contributed by atoms with Crippen LogP contribution in [0.25, 0.3) is 0 Å². The Labute approximate surface area is 115 Å². The number of hydrogen-bond donors (Lipinski definition) is 3. The predicted molar refractivity (Wildman–Crippen MR) is 75.7 cm³/mol. The van der Waals surface area contributed by atoms with Crippen molar-refractivity contribution in [3.8, 4) is 0 Å². The molecule has 0 aliphatic heterocycles. The summed E-state index contributed by atoms with van der Waals surface area (Å²) >= 11 is 0. The number of carbonyl (C=O) groups excluding carboxylic acids is 1. The molecule has 0 aromatic heterocycles. The second kappa shape index (κ2) is 9.78. The topological polar surface area (TPSA) is 92.4 Å². The van der Waals surface area contributed by atoms with Gasteiger partial charge in [0.15, 0.2) is 0 Å². The number of hydrogen-bond acceptors (Lipinski definition) is 3. The highest BCUT2D eigenvalue weighted by Gasteiger charge is 2.21. The molecule has 0 heterocycles. The van der Waals surface area contributed by atoms with Crippen LogP contribution in [0.15, 0.2) is 0 Å². The zero-order valence-corrected chi connectivity index (χ0v) is 12.3. The van der Waals surface area contributed by atoms with Crippen molar-refractivity contribution in [3.05, 3.63) is 0 Å². The van der Waals surface area contributed by atoms with Crippen molar-refractivity contribution >= 4 is 11.9 Å². The van der Waals surface area contributed by atoms with Crippen molar-refractivity contribution in [2.75, 3.05) is 6.54 Å². The number of carbonyl (C=O) groups is 2. The zero-order valence-electron chi connectivity index (χ0n) is 12.3. The highest BCUT2D eigenvalue weighted by atomic mass is 16.4. The third-order valence-electron chi connectivity index (χ3n) is 3.09. The van der Waals surface area contributed by atoms with E-state index in [9.17, 15) is 9.59 Å². The first-order valence-corrected chi connectivity index (χ1v) is 7.12. The number of nitrogens with two attached hydrogens (primary N) is 1. The molecular formula is C14H28N2O3. The smallest absolute Gasteiger partial charge is 0.326 e. The molecule has 4 N–H and O–H groups in total. The summed E-state index contributed by atoms with van der Waals surface area (Å²) < 4.78 is 0. The van der Waals surface area contributed by atoms with Gasteiger partial charge in [0.25, 0.3) is 0 Å². The van der Waals surface area contributed by atoms with Crippen molar-refractivity contribution in [1.82, 2.24) is 5.32 Å². The van der Waals surface area contributed by atoms with Gasteiger partial charge >= 0.3 is 5.97 Å². The van der Waals surface area contributed by atoms with Gasteiger partial charge in [-0.15, -0.1) is 0 Å². The van der Waals surface area contributed by atoms with Gasteiger partial charge in [-0.2, -0.15) is 0 Å². The number of unbranched alkanes of at least 4 members (excludes halogenated alkanes) is 1. The molecule has 5 heteroatoms. The van der Waals surface area contributed by atoms with Gasteiger partial charge in [0.05, 0.1) is 0 Å². The zero-order chi connectivity index (χ0) is 14.8. The first kappa shape index (κ1) is 17.9. The van der Waals surface area contributed by atoms with Crippen molar-refractivity contribution in [1.29, 1.82) is 0 Å². The molecule has 19 heavy (non-hydrogen) atoms. The molecule has 112 valence electrons. The fourth-order valence-corrected chi connectivity index (χ4v) is 2.11. The van der Waals surface area contributed by atoms with E-state index in [1.54, 1.807) is 0 Å². The average molecular weight is 272 g/mol. The fraction of sp³-hybridized carbons (Fsp3) is 0.857. The molecule has 0 aliphatic rings. The van der Waals surface area contributed by atoms with Crippen LogP contribution in [0.5, 0.6) is 0 Å². The third-order valence-corrected chi connectivity index (χ3v) is 3.09. The summed E-state index contributed by atoms with van der Waals surface area (Å²) in [5.41, 5.74) is 5.64. The molecule has 1 unspecified atom stereocenters. The number of rotatable bonds is 10. The molecule has 1 amide bonds. The van der Waals surface area contributed by atoms with E-state index in [1.165, 1.54) is 0 Å². The maximum atomic E-state index is 11.8. The first-order chi connectivity index (χ1) is 8.90. The summed E-state index contributed by atoms with van der Waals surface area (Å²) in [7, 11) is 0. The van der Waals surface area contributed by atoms with Crippen LogP contribution in [0.3, 0.4) is 0 Å². The molecule has 2 atom stereocenters. The largest absolute Gasteiger partial charge is 0.480 e. The minimum absolute atomic E-state index is 0.126. The van der Waals surface area contributed by atoms with Gasteiger partial charge in [-0.1, -0.05) is 33.6 Å². The third kappa shape index (κ3) is 8.59. The van der Waals surface area contributed by atoms with Gasteiger partial charge in [0.1, 0.15) is 6.04 Å². The van der Waals surface area contributed by atoms with Crippen LogP contribution in [-0.2, 0) is 9.59 Å². The molecule has 0 rings (SSSR count). The molecule has 0 radical (unpaired) electrons. The Bertz CT molecular complexity index is 280. The number of amides is 1. The normalized spacial score (nSPS) is 14.2. The average Bonchev–Trinajstić information content (AvgIpc) is 2.32. The molecule has 0 saturated heterocycles. The van der Waals surface area contributed by atoms with E-state index < -0.39 is 12.0 Å². The molecule has 0 bridgehead atoms. The van der Waals surface area contributed by atoms with Gasteiger partial charge < -0.3 is 16.2 Å². The standard InChI is InChI=1S/C14H28N2O3/c1-4-5-6-12(14(18)19)16-13(17)8-11(9-15)7-10(2)3/h10-12H,4-9,15H2,1-3H3,(H,16,17)(H,18,19)/t11-,12?/m0/s1. The summed E-state index contributed by atoms with van der Waals surface area (Å²) in [6.45, 7) is 6.62. The molecule has 0 fully saturated rings. The quantitative estimate of drug-likeness (QED) is 0.565. The van der Waals surface area contributed by atoms with Gasteiger partial charge in [-0.25, -0.2) is 4.79 Å². The Morgan fingerprint density at radius 2 is 1.95 bits per heavy atom. The molecule has 0 aliphatic carbocycles. The van der Waals surface area contributed by atoms with Gasteiger partial charge in [-0.05, 0) is 31.2 Å². The van der Waals surface area contributed by atoms with Crippen LogP contribution in [-0.4, -0.2) is 29.6 Å².